The molecule has 0 bridgehead atoms. The Morgan fingerprint density at radius 1 is 1.09 bits per heavy atom. The van der Waals surface area contributed by atoms with Crippen LogP contribution < -0.4 is 19.5 Å². The molecule has 0 atom stereocenters. The zero-order valence-corrected chi connectivity index (χ0v) is 22.7. The van der Waals surface area contributed by atoms with E-state index in [1.807, 2.05) is 61.5 Å². The third kappa shape index (κ3) is 6.71. The monoisotopic (exact) mass is 620 g/mol. The highest BCUT2D eigenvalue weighted by Gasteiger charge is 2.24. The molecule has 3 aromatic carbocycles. The van der Waals surface area contributed by atoms with Crippen molar-refractivity contribution in [1.29, 1.82) is 0 Å². The molecule has 1 fully saturated rings. The third-order valence-corrected chi connectivity index (χ3v) is 6.79. The highest BCUT2D eigenvalue weighted by Crippen LogP contribution is 2.39. The van der Waals surface area contributed by atoms with Crippen LogP contribution in [-0.4, -0.2) is 24.8 Å². The Hall–Kier alpha value is -2.69. The van der Waals surface area contributed by atoms with Crippen molar-refractivity contribution >= 4 is 68.8 Å². The number of hydrogen-bond donors (Lipinski definition) is 1. The highest BCUT2D eigenvalue weighted by atomic mass is 127. The fraction of sp³-hybridized carbons (Fsp3) is 0.154. The van der Waals surface area contributed by atoms with Gasteiger partial charge in [0, 0.05) is 3.57 Å². The van der Waals surface area contributed by atoms with E-state index in [1.165, 1.54) is 11.8 Å². The SMILES string of the molecule is CCOc1cc(/C=C2/SC(=Nc3ccc(OC)cc3)NC2=O)cc(Cl)c1OCc1ccc(I)cc1. The number of halogens is 2. The molecule has 4 rings (SSSR count). The van der Waals surface area contributed by atoms with E-state index >= 15 is 0 Å². The number of hydrogen-bond acceptors (Lipinski definition) is 6. The van der Waals surface area contributed by atoms with Crippen molar-refractivity contribution in [2.24, 2.45) is 4.99 Å². The van der Waals surface area contributed by atoms with Gasteiger partial charge in [0.1, 0.15) is 12.4 Å². The maximum absolute atomic E-state index is 12.5. The lowest BCUT2D eigenvalue weighted by Crippen LogP contribution is -2.19. The van der Waals surface area contributed by atoms with Crippen molar-refractivity contribution in [2.45, 2.75) is 13.5 Å². The summed E-state index contributed by atoms with van der Waals surface area (Å²) in [5, 5.41) is 3.70. The second-order valence-corrected chi connectivity index (χ2v) is 10.0. The summed E-state index contributed by atoms with van der Waals surface area (Å²) < 4.78 is 18.1. The molecule has 1 heterocycles. The summed E-state index contributed by atoms with van der Waals surface area (Å²) in [6, 6.07) is 18.9. The van der Waals surface area contributed by atoms with Gasteiger partial charge in [0.25, 0.3) is 5.91 Å². The van der Waals surface area contributed by atoms with Gasteiger partial charge in [-0.1, -0.05) is 23.7 Å². The number of methoxy groups -OCH3 is 1. The Morgan fingerprint density at radius 3 is 2.51 bits per heavy atom. The number of benzene rings is 3. The summed E-state index contributed by atoms with van der Waals surface area (Å²) in [6.45, 7) is 2.70. The Bertz CT molecular complexity index is 1280. The summed E-state index contributed by atoms with van der Waals surface area (Å²) >= 11 is 10.1. The maximum Gasteiger partial charge on any atom is 0.264 e. The fourth-order valence-electron chi connectivity index (χ4n) is 3.22. The molecular formula is C26H22ClIN2O4S. The first-order valence-electron chi connectivity index (χ1n) is 10.7. The second kappa shape index (κ2) is 11.8. The first-order valence-corrected chi connectivity index (χ1v) is 13.0. The van der Waals surface area contributed by atoms with E-state index in [9.17, 15) is 4.79 Å². The number of thioether (sulfide) groups is 1. The molecule has 1 saturated heterocycles. The largest absolute Gasteiger partial charge is 0.497 e. The lowest BCUT2D eigenvalue weighted by Gasteiger charge is -2.15. The number of carbonyl (C=O) groups excluding carboxylic acids is 1. The molecule has 6 nitrogen and oxygen atoms in total. The van der Waals surface area contributed by atoms with Crippen LogP contribution in [-0.2, 0) is 11.4 Å². The van der Waals surface area contributed by atoms with E-state index in [1.54, 1.807) is 19.3 Å². The van der Waals surface area contributed by atoms with Crippen LogP contribution >= 0.6 is 46.0 Å². The van der Waals surface area contributed by atoms with Gasteiger partial charge in [-0.05, 0) is 107 Å². The summed E-state index contributed by atoms with van der Waals surface area (Å²) in [6.07, 6.45) is 1.76. The van der Waals surface area contributed by atoms with E-state index in [2.05, 4.69) is 32.9 Å². The van der Waals surface area contributed by atoms with Crippen LogP contribution in [0.15, 0.2) is 70.6 Å². The van der Waals surface area contributed by atoms with Gasteiger partial charge in [0.05, 0.1) is 29.3 Å². The molecule has 0 aliphatic carbocycles. The van der Waals surface area contributed by atoms with Crippen LogP contribution in [0.25, 0.3) is 6.08 Å². The van der Waals surface area contributed by atoms with Gasteiger partial charge in [-0.3, -0.25) is 4.79 Å². The van der Waals surface area contributed by atoms with E-state index in [-0.39, 0.29) is 5.91 Å². The molecule has 0 aromatic heterocycles. The Morgan fingerprint density at radius 2 is 1.83 bits per heavy atom. The summed E-state index contributed by atoms with van der Waals surface area (Å²) in [5.74, 6) is 1.51. The van der Waals surface area contributed by atoms with Crippen LogP contribution in [0.3, 0.4) is 0 Å². The van der Waals surface area contributed by atoms with Crippen molar-refractivity contribution in [3.63, 3.8) is 0 Å². The van der Waals surface area contributed by atoms with Crippen molar-refractivity contribution in [1.82, 2.24) is 5.32 Å². The number of nitrogens with zero attached hydrogens (tertiary/aromatic N) is 1. The molecule has 1 aliphatic heterocycles. The van der Waals surface area contributed by atoms with Gasteiger partial charge in [0.2, 0.25) is 0 Å². The van der Waals surface area contributed by atoms with Crippen LogP contribution in [0, 0.1) is 3.57 Å². The summed E-state index contributed by atoms with van der Waals surface area (Å²) in [7, 11) is 1.61. The predicted octanol–water partition coefficient (Wildman–Crippen LogP) is 6.82. The molecule has 0 spiro atoms. The normalized spacial score (nSPS) is 15.4. The minimum absolute atomic E-state index is 0.226. The number of nitrogens with one attached hydrogen (secondary N) is 1. The average molecular weight is 621 g/mol. The lowest BCUT2D eigenvalue weighted by molar-refractivity contribution is -0.115. The van der Waals surface area contributed by atoms with Gasteiger partial charge < -0.3 is 19.5 Å². The van der Waals surface area contributed by atoms with Crippen LogP contribution in [0.2, 0.25) is 5.02 Å². The van der Waals surface area contributed by atoms with Crippen LogP contribution in [0.1, 0.15) is 18.1 Å². The number of carbonyl (C=O) groups is 1. The lowest BCUT2D eigenvalue weighted by atomic mass is 10.1. The molecule has 180 valence electrons. The van der Waals surface area contributed by atoms with E-state index in [0.717, 1.165) is 20.4 Å². The Balaban J connectivity index is 1.53. The van der Waals surface area contributed by atoms with Gasteiger partial charge in [-0.15, -0.1) is 0 Å². The predicted molar refractivity (Wildman–Crippen MR) is 150 cm³/mol. The summed E-state index contributed by atoms with van der Waals surface area (Å²) in [4.78, 5) is 17.5. The number of rotatable bonds is 8. The average Bonchev–Trinajstić information content (AvgIpc) is 3.18. The fourth-order valence-corrected chi connectivity index (χ4v) is 4.69. The number of amidine groups is 1. The van der Waals surface area contributed by atoms with E-state index in [0.29, 0.717) is 45.5 Å². The molecule has 3 aromatic rings. The summed E-state index contributed by atoms with van der Waals surface area (Å²) in [5.41, 5.74) is 2.47. The molecule has 1 amide bonds. The minimum atomic E-state index is -0.226. The van der Waals surface area contributed by atoms with Gasteiger partial charge in [0.15, 0.2) is 16.7 Å². The minimum Gasteiger partial charge on any atom is -0.497 e. The maximum atomic E-state index is 12.5. The van der Waals surface area contributed by atoms with Gasteiger partial charge in [-0.25, -0.2) is 4.99 Å². The molecule has 35 heavy (non-hydrogen) atoms. The molecule has 0 radical (unpaired) electrons. The van der Waals surface area contributed by atoms with Gasteiger partial charge >= 0.3 is 0 Å². The first kappa shape index (κ1) is 25.4. The van der Waals surface area contributed by atoms with Crippen molar-refractivity contribution < 1.29 is 19.0 Å². The highest BCUT2D eigenvalue weighted by molar-refractivity contribution is 14.1. The number of aliphatic imine (C=N–C) groups is 1. The molecule has 1 aliphatic rings. The van der Waals surface area contributed by atoms with E-state index in [4.69, 9.17) is 25.8 Å². The molecular weight excluding hydrogens is 599 g/mol. The Kier molecular flexibility index (Phi) is 8.59. The van der Waals surface area contributed by atoms with Crippen molar-refractivity contribution in [2.75, 3.05) is 13.7 Å². The second-order valence-electron chi connectivity index (χ2n) is 7.36. The third-order valence-electron chi connectivity index (χ3n) is 4.88. The van der Waals surface area contributed by atoms with Gasteiger partial charge in [-0.2, -0.15) is 0 Å². The van der Waals surface area contributed by atoms with Crippen molar-refractivity contribution in [3.8, 4) is 17.2 Å². The van der Waals surface area contributed by atoms with Crippen LogP contribution in [0.4, 0.5) is 5.69 Å². The molecule has 0 unspecified atom stereocenters. The first-order chi connectivity index (χ1) is 16.9. The zero-order chi connectivity index (χ0) is 24.8. The number of ether oxygens (including phenoxy) is 3. The Labute approximate surface area is 226 Å². The van der Waals surface area contributed by atoms with Crippen molar-refractivity contribution in [3.05, 3.63) is 85.3 Å². The topological polar surface area (TPSA) is 69.2 Å². The smallest absolute Gasteiger partial charge is 0.264 e. The molecule has 1 N–H and O–H groups in total. The zero-order valence-electron chi connectivity index (χ0n) is 19.0. The number of amides is 1. The standard InChI is InChI=1S/C26H22ClIN2O4S/c1-3-33-22-13-17(12-21(27)24(22)34-15-16-4-6-18(28)7-5-16)14-23-25(31)30-26(35-23)29-19-8-10-20(32-2)11-9-19/h4-14H,3,15H2,1-2H3,(H,29,30,31)/b23-14+. The molecule has 0 saturated carbocycles. The van der Waals surface area contributed by atoms with Crippen LogP contribution in [0.5, 0.6) is 17.2 Å². The van der Waals surface area contributed by atoms with E-state index < -0.39 is 0 Å². The molecule has 9 heteroatoms. The quantitative estimate of drug-likeness (QED) is 0.221.